The number of esters is 1. The van der Waals surface area contributed by atoms with Crippen LogP contribution in [0.25, 0.3) is 5.52 Å². The zero-order valence-electron chi connectivity index (χ0n) is 26.4. The molecule has 7 atom stereocenters. The highest BCUT2D eigenvalue weighted by molar-refractivity contribution is 7.52. The van der Waals surface area contributed by atoms with Crippen LogP contribution in [0.5, 0.6) is 5.75 Å². The molecule has 2 saturated heterocycles. The molecule has 6 rings (SSSR count). The van der Waals surface area contributed by atoms with E-state index in [2.05, 4.69) is 21.2 Å². The molecule has 15 heteroatoms. The molecule has 246 valence electrons. The Morgan fingerprint density at radius 2 is 1.91 bits per heavy atom. The van der Waals surface area contributed by atoms with Crippen LogP contribution in [-0.4, -0.2) is 62.9 Å². The topological polar surface area (TPSA) is 182 Å². The molecule has 2 aliphatic heterocycles. The van der Waals surface area contributed by atoms with Gasteiger partial charge in [-0.3, -0.25) is 9.32 Å². The number of fused-ring (bicyclic) bond motifs is 3. The number of benzene rings is 1. The molecule has 14 nitrogen and oxygen atoms in total. The van der Waals surface area contributed by atoms with E-state index in [0.717, 1.165) is 12.8 Å². The van der Waals surface area contributed by atoms with E-state index in [1.54, 1.807) is 56.3 Å². The van der Waals surface area contributed by atoms with Gasteiger partial charge in [-0.1, -0.05) is 44.9 Å². The quantitative estimate of drug-likeness (QED) is 0.209. The van der Waals surface area contributed by atoms with Crippen LogP contribution in [0.15, 0.2) is 48.8 Å². The van der Waals surface area contributed by atoms with Crippen molar-refractivity contribution in [1.29, 1.82) is 5.26 Å². The van der Waals surface area contributed by atoms with Gasteiger partial charge in [-0.15, -0.1) is 0 Å². The van der Waals surface area contributed by atoms with E-state index in [0.29, 0.717) is 11.2 Å². The minimum absolute atomic E-state index is 0.203. The Bertz CT molecular complexity index is 1690. The van der Waals surface area contributed by atoms with Gasteiger partial charge < -0.3 is 29.2 Å². The van der Waals surface area contributed by atoms with Gasteiger partial charge in [-0.05, 0) is 51.0 Å². The fourth-order valence-corrected chi connectivity index (χ4v) is 7.90. The molecule has 0 radical (unpaired) electrons. The number of carbonyl (C=O) groups is 1. The van der Waals surface area contributed by atoms with Gasteiger partial charge in [0.2, 0.25) is 5.60 Å². The highest BCUT2D eigenvalue weighted by atomic mass is 31.2. The first-order valence-electron chi connectivity index (χ1n) is 15.4. The number of nitrogens with zero attached hydrogens (tertiary/aromatic N) is 4. The molecule has 0 amide bonds. The van der Waals surface area contributed by atoms with E-state index in [-0.39, 0.29) is 30.5 Å². The molecule has 2 aromatic heterocycles. The van der Waals surface area contributed by atoms with Crippen LogP contribution in [0.3, 0.4) is 0 Å². The Kier molecular flexibility index (Phi) is 8.38. The molecule has 3 aliphatic rings. The number of para-hydroxylation sites is 1. The van der Waals surface area contributed by atoms with Crippen molar-refractivity contribution in [2.45, 2.75) is 95.2 Å². The summed E-state index contributed by atoms with van der Waals surface area (Å²) in [6.45, 7) is 9.34. The number of rotatable bonds is 12. The number of hydrogen-bond acceptors (Lipinski definition) is 12. The Morgan fingerprint density at radius 3 is 2.61 bits per heavy atom. The molecular weight excluding hydrogens is 615 g/mol. The third-order valence-corrected chi connectivity index (χ3v) is 10.5. The number of nitrogens with two attached hydrogens (primary N) is 1. The summed E-state index contributed by atoms with van der Waals surface area (Å²) in [5.41, 5.74) is 3.99. The van der Waals surface area contributed by atoms with Crippen molar-refractivity contribution in [3.8, 4) is 11.8 Å². The Morgan fingerprint density at radius 1 is 1.20 bits per heavy atom. The highest BCUT2D eigenvalue weighted by Crippen LogP contribution is 2.66. The molecule has 1 aliphatic carbocycles. The number of carbonyl (C=O) groups excluding carboxylic acids is 1. The van der Waals surface area contributed by atoms with Crippen molar-refractivity contribution in [2.75, 3.05) is 12.3 Å². The molecule has 4 heterocycles. The summed E-state index contributed by atoms with van der Waals surface area (Å²) >= 11 is 0. The Balaban J connectivity index is 1.30. The van der Waals surface area contributed by atoms with Crippen molar-refractivity contribution in [3.05, 3.63) is 54.5 Å². The van der Waals surface area contributed by atoms with Crippen molar-refractivity contribution < 1.29 is 37.4 Å². The predicted molar refractivity (Wildman–Crippen MR) is 164 cm³/mol. The van der Waals surface area contributed by atoms with Gasteiger partial charge in [-0.2, -0.15) is 15.4 Å². The normalized spacial score (nSPS) is 29.7. The van der Waals surface area contributed by atoms with Crippen LogP contribution in [0.1, 0.15) is 59.6 Å². The molecule has 1 unspecified atom stereocenters. The van der Waals surface area contributed by atoms with E-state index in [1.807, 2.05) is 13.8 Å². The van der Waals surface area contributed by atoms with Crippen LogP contribution in [0.2, 0.25) is 0 Å². The molecule has 3 N–H and O–H groups in total. The predicted octanol–water partition coefficient (Wildman–Crippen LogP) is 4.25. The second-order valence-electron chi connectivity index (χ2n) is 12.4. The summed E-state index contributed by atoms with van der Waals surface area (Å²) in [5, 5.41) is 17.8. The number of nitrogen functional groups attached to an aromatic ring is 1. The number of ether oxygens (including phenoxy) is 4. The zero-order chi connectivity index (χ0) is 32.9. The van der Waals surface area contributed by atoms with Crippen LogP contribution >= 0.6 is 7.75 Å². The minimum atomic E-state index is -4.26. The zero-order valence-corrected chi connectivity index (χ0v) is 27.3. The van der Waals surface area contributed by atoms with Gasteiger partial charge in [0.15, 0.2) is 11.6 Å². The molecule has 1 spiro atoms. The third kappa shape index (κ3) is 5.65. The average molecular weight is 655 g/mol. The fraction of sp³-hybridized carbons (Fsp3) is 0.548. The Labute approximate surface area is 267 Å². The average Bonchev–Trinajstić information content (AvgIpc) is 3.27. The maximum Gasteiger partial charge on any atom is 0.459 e. The molecule has 1 saturated carbocycles. The van der Waals surface area contributed by atoms with Gasteiger partial charge in [0, 0.05) is 6.42 Å². The first-order valence-corrected chi connectivity index (χ1v) is 17.0. The summed E-state index contributed by atoms with van der Waals surface area (Å²) < 4.78 is 52.8. The molecule has 0 bridgehead atoms. The largest absolute Gasteiger partial charge is 0.464 e. The Hall–Kier alpha value is -3.57. The number of hydrogen-bond donors (Lipinski definition) is 2. The lowest BCUT2D eigenvalue weighted by Crippen LogP contribution is -2.40. The molecule has 3 aromatic rings. The van der Waals surface area contributed by atoms with Crippen LogP contribution in [0.4, 0.5) is 5.82 Å². The summed E-state index contributed by atoms with van der Waals surface area (Å²) in [7, 11) is -4.26. The monoisotopic (exact) mass is 654 g/mol. The number of nitrogens with one attached hydrogen (secondary N) is 1. The maximum atomic E-state index is 14.4. The van der Waals surface area contributed by atoms with Crippen molar-refractivity contribution >= 4 is 25.1 Å². The van der Waals surface area contributed by atoms with Crippen LogP contribution in [0, 0.1) is 17.2 Å². The third-order valence-electron chi connectivity index (χ3n) is 8.80. The number of nitriles is 1. The molecule has 1 aromatic carbocycles. The van der Waals surface area contributed by atoms with Gasteiger partial charge in [0.1, 0.15) is 53.6 Å². The second kappa shape index (κ2) is 11.9. The second-order valence-corrected chi connectivity index (χ2v) is 14.1. The minimum Gasteiger partial charge on any atom is -0.464 e. The van der Waals surface area contributed by atoms with Gasteiger partial charge in [0.25, 0.3) is 0 Å². The van der Waals surface area contributed by atoms with Gasteiger partial charge in [0.05, 0.1) is 12.3 Å². The van der Waals surface area contributed by atoms with E-state index in [1.165, 1.54) is 17.8 Å². The van der Waals surface area contributed by atoms with E-state index in [9.17, 15) is 14.6 Å². The summed E-state index contributed by atoms with van der Waals surface area (Å²) in [5.74, 6) is -0.946. The first-order chi connectivity index (χ1) is 21.9. The first kappa shape index (κ1) is 32.4. The summed E-state index contributed by atoms with van der Waals surface area (Å²) in [6, 6.07) is 13.2. The molecular formula is C31H39N6O8P. The van der Waals surface area contributed by atoms with Gasteiger partial charge in [-0.25, -0.2) is 14.1 Å². The van der Waals surface area contributed by atoms with E-state index in [4.69, 9.17) is 33.7 Å². The number of anilines is 1. The van der Waals surface area contributed by atoms with Crippen LogP contribution in [-0.2, 0) is 38.4 Å². The van der Waals surface area contributed by atoms with Crippen molar-refractivity contribution in [1.82, 2.24) is 19.7 Å². The van der Waals surface area contributed by atoms with Crippen molar-refractivity contribution in [3.63, 3.8) is 0 Å². The smallest absolute Gasteiger partial charge is 0.459 e. The van der Waals surface area contributed by atoms with E-state index < -0.39 is 55.1 Å². The highest BCUT2D eigenvalue weighted by Gasteiger charge is 2.80. The summed E-state index contributed by atoms with van der Waals surface area (Å²) in [4.78, 5) is 17.0. The summed E-state index contributed by atoms with van der Waals surface area (Å²) in [6.07, 6.45) is 0.659. The lowest BCUT2D eigenvalue weighted by molar-refractivity contribution is -0.210. The fourth-order valence-electron chi connectivity index (χ4n) is 6.18. The number of aromatic nitrogens is 3. The standard InChI is InChI=1S/C31H39N6O8P/c1-6-20(7-2)16-40-28(38)19(3)36-46(39,43-21-11-9-8-10-12-21)44-24-15-30(24)25-26(42-29(4,5)41-25)31(17-32,45-30)23-14-13-22-27(33)34-18-35-37(22)23/h8-14,18-20,24-26H,6-7,15-16H2,1-5H3,(H,36,39)(H2,33,34,35)/t19-,24+,25-,26+,30?,31-,46+/m0/s1. The van der Waals surface area contributed by atoms with Gasteiger partial charge >= 0.3 is 13.7 Å². The van der Waals surface area contributed by atoms with E-state index >= 15 is 0 Å². The van der Waals surface area contributed by atoms with Crippen LogP contribution < -0.4 is 15.3 Å². The lowest BCUT2D eigenvalue weighted by atomic mass is 9.92. The molecule has 3 fully saturated rings. The molecule has 46 heavy (non-hydrogen) atoms. The maximum absolute atomic E-state index is 14.4. The SMILES string of the molecule is CCC(CC)COC(=O)[C@H](C)N[P@@](=O)(Oc1ccccc1)O[C@@H]1CC12O[C@@](C#N)(c1ccc3c(N)ncnn13)[C@@H]1OC(C)(C)O[C@@H]12. The lowest BCUT2D eigenvalue weighted by Gasteiger charge is -2.29. The van der Waals surface area contributed by atoms with Crippen molar-refractivity contribution in [2.24, 2.45) is 5.92 Å².